The quantitative estimate of drug-likeness (QED) is 0.747. The van der Waals surface area contributed by atoms with E-state index < -0.39 is 17.8 Å². The van der Waals surface area contributed by atoms with Crippen LogP contribution in [0.2, 0.25) is 0 Å². The number of Topliss-reactive ketones (excluding diaryl/α,β-unsaturated/α-hetero) is 1. The molecule has 0 aliphatic rings. The molecular weight excluding hydrogens is 254 g/mol. The first-order chi connectivity index (χ1) is 9.51. The Morgan fingerprint density at radius 3 is 2.30 bits per heavy atom. The zero-order chi connectivity index (χ0) is 15.1. The van der Waals surface area contributed by atoms with Crippen LogP contribution in [0.4, 0.5) is 0 Å². The molecule has 0 bridgehead atoms. The summed E-state index contributed by atoms with van der Waals surface area (Å²) in [4.78, 5) is 23.7. The lowest BCUT2D eigenvalue weighted by atomic mass is 9.81. The summed E-state index contributed by atoms with van der Waals surface area (Å²) >= 11 is 0. The van der Waals surface area contributed by atoms with Crippen molar-refractivity contribution in [3.63, 3.8) is 0 Å². The Bertz CT molecular complexity index is 502. The molecule has 1 rings (SSSR count). The van der Waals surface area contributed by atoms with Gasteiger partial charge in [0, 0.05) is 18.3 Å². The highest BCUT2D eigenvalue weighted by Gasteiger charge is 2.32. The third kappa shape index (κ3) is 3.92. The maximum Gasteiger partial charge on any atom is 0.323 e. The number of hydrogen-bond donors (Lipinski definition) is 0. The molecule has 20 heavy (non-hydrogen) atoms. The highest BCUT2D eigenvalue weighted by atomic mass is 16.5. The SMILES string of the molecule is COC(=O)C(C#N)[C@H](CC(=O)C(C)C)c1ccccc1. The van der Waals surface area contributed by atoms with Gasteiger partial charge in [-0.3, -0.25) is 9.59 Å². The maximum absolute atomic E-state index is 12.0. The molecule has 0 spiro atoms. The van der Waals surface area contributed by atoms with E-state index in [0.717, 1.165) is 5.56 Å². The van der Waals surface area contributed by atoms with Gasteiger partial charge in [-0.15, -0.1) is 0 Å². The lowest BCUT2D eigenvalue weighted by molar-refractivity contribution is -0.144. The van der Waals surface area contributed by atoms with Gasteiger partial charge in [0.15, 0.2) is 5.92 Å². The Hall–Kier alpha value is -2.15. The van der Waals surface area contributed by atoms with Crippen LogP contribution in [0.5, 0.6) is 0 Å². The number of nitrogens with zero attached hydrogens (tertiary/aromatic N) is 1. The second-order valence-electron chi connectivity index (χ2n) is 4.97. The second-order valence-corrected chi connectivity index (χ2v) is 4.97. The van der Waals surface area contributed by atoms with Gasteiger partial charge >= 0.3 is 5.97 Å². The average Bonchev–Trinajstić information content (AvgIpc) is 2.47. The minimum absolute atomic E-state index is 0.0306. The predicted octanol–water partition coefficient (Wildman–Crippen LogP) is 2.70. The molecule has 0 N–H and O–H groups in total. The molecule has 1 unspecified atom stereocenters. The van der Waals surface area contributed by atoms with Crippen molar-refractivity contribution in [3.05, 3.63) is 35.9 Å². The molecule has 4 heteroatoms. The molecule has 106 valence electrons. The molecule has 0 saturated heterocycles. The minimum atomic E-state index is -0.968. The number of carbonyl (C=O) groups is 2. The Morgan fingerprint density at radius 1 is 1.25 bits per heavy atom. The standard InChI is InChI=1S/C16H19NO3/c1-11(2)15(18)9-13(12-7-5-4-6-8-12)14(10-17)16(19)20-3/h4-8,11,13-14H,9H2,1-3H3/t13-,14?/m1/s1. The van der Waals surface area contributed by atoms with E-state index in [9.17, 15) is 14.9 Å². The maximum atomic E-state index is 12.0. The van der Waals surface area contributed by atoms with E-state index in [-0.39, 0.29) is 18.1 Å². The highest BCUT2D eigenvalue weighted by Crippen LogP contribution is 2.30. The van der Waals surface area contributed by atoms with Crippen molar-refractivity contribution in [1.82, 2.24) is 0 Å². The first-order valence-electron chi connectivity index (χ1n) is 6.56. The molecule has 4 nitrogen and oxygen atoms in total. The third-order valence-corrected chi connectivity index (χ3v) is 3.29. The number of esters is 1. The van der Waals surface area contributed by atoms with Crippen molar-refractivity contribution >= 4 is 11.8 Å². The summed E-state index contributed by atoms with van der Waals surface area (Å²) in [5.41, 5.74) is 0.804. The van der Waals surface area contributed by atoms with Crippen LogP contribution in [0.25, 0.3) is 0 Å². The number of hydrogen-bond acceptors (Lipinski definition) is 4. The van der Waals surface area contributed by atoms with Crippen molar-refractivity contribution in [2.75, 3.05) is 7.11 Å². The summed E-state index contributed by atoms with van der Waals surface area (Å²) in [6.45, 7) is 3.62. The van der Waals surface area contributed by atoms with Gasteiger partial charge < -0.3 is 4.74 Å². The lowest BCUT2D eigenvalue weighted by Crippen LogP contribution is -2.25. The summed E-state index contributed by atoms with van der Waals surface area (Å²) in [6, 6.07) is 11.1. The molecule has 0 heterocycles. The fraction of sp³-hybridized carbons (Fsp3) is 0.438. The third-order valence-electron chi connectivity index (χ3n) is 3.29. The van der Waals surface area contributed by atoms with Crippen LogP contribution in [-0.2, 0) is 14.3 Å². The van der Waals surface area contributed by atoms with Crippen LogP contribution in [0.3, 0.4) is 0 Å². The smallest absolute Gasteiger partial charge is 0.323 e. The van der Waals surface area contributed by atoms with Gasteiger partial charge in [0.2, 0.25) is 0 Å². The molecule has 0 aliphatic carbocycles. The molecule has 0 fully saturated rings. The van der Waals surface area contributed by atoms with Crippen molar-refractivity contribution in [1.29, 1.82) is 5.26 Å². The van der Waals surface area contributed by atoms with Gasteiger partial charge in [-0.05, 0) is 5.56 Å². The number of nitriles is 1. The molecule has 1 aromatic carbocycles. The van der Waals surface area contributed by atoms with Gasteiger partial charge in [-0.25, -0.2) is 0 Å². The van der Waals surface area contributed by atoms with E-state index >= 15 is 0 Å². The number of ether oxygens (including phenoxy) is 1. The summed E-state index contributed by atoms with van der Waals surface area (Å²) in [7, 11) is 1.25. The second kappa shape index (κ2) is 7.44. The number of carbonyl (C=O) groups excluding carboxylic acids is 2. The lowest BCUT2D eigenvalue weighted by Gasteiger charge is -2.21. The van der Waals surface area contributed by atoms with Crippen LogP contribution in [0.1, 0.15) is 31.7 Å². The Balaban J connectivity index is 3.11. The van der Waals surface area contributed by atoms with Gasteiger partial charge in [-0.1, -0.05) is 44.2 Å². The number of ketones is 1. The Labute approximate surface area is 119 Å². The van der Waals surface area contributed by atoms with Gasteiger partial charge in [0.25, 0.3) is 0 Å². The molecule has 0 amide bonds. The normalized spacial score (nSPS) is 13.3. The fourth-order valence-electron chi connectivity index (χ4n) is 2.01. The van der Waals surface area contributed by atoms with Crippen molar-refractivity contribution in [2.24, 2.45) is 11.8 Å². The van der Waals surface area contributed by atoms with Gasteiger partial charge in [0.1, 0.15) is 5.78 Å². The minimum Gasteiger partial charge on any atom is -0.468 e. The monoisotopic (exact) mass is 273 g/mol. The van der Waals surface area contributed by atoms with Crippen LogP contribution in [0, 0.1) is 23.2 Å². The predicted molar refractivity (Wildman–Crippen MR) is 74.8 cm³/mol. The number of methoxy groups -OCH3 is 1. The molecule has 1 aromatic rings. The topological polar surface area (TPSA) is 67.2 Å². The van der Waals surface area contributed by atoms with E-state index in [1.165, 1.54) is 7.11 Å². The van der Waals surface area contributed by atoms with Gasteiger partial charge in [0.05, 0.1) is 13.2 Å². The Kier molecular flexibility index (Phi) is 5.92. The van der Waals surface area contributed by atoms with Crippen molar-refractivity contribution in [3.8, 4) is 6.07 Å². The highest BCUT2D eigenvalue weighted by molar-refractivity contribution is 5.83. The molecule has 0 saturated carbocycles. The van der Waals surface area contributed by atoms with Crippen LogP contribution in [0.15, 0.2) is 30.3 Å². The molecule has 0 aromatic heterocycles. The molecule has 0 aliphatic heterocycles. The summed E-state index contributed by atoms with van der Waals surface area (Å²) in [5.74, 6) is -2.13. The largest absolute Gasteiger partial charge is 0.468 e. The first-order valence-corrected chi connectivity index (χ1v) is 6.56. The van der Waals surface area contributed by atoms with Crippen LogP contribution in [-0.4, -0.2) is 18.9 Å². The summed E-state index contributed by atoms with van der Waals surface area (Å²) in [5, 5.41) is 9.25. The van der Waals surface area contributed by atoms with Crippen molar-refractivity contribution in [2.45, 2.75) is 26.2 Å². The number of rotatable bonds is 6. The first kappa shape index (κ1) is 15.9. The van der Waals surface area contributed by atoms with E-state index in [4.69, 9.17) is 0 Å². The van der Waals surface area contributed by atoms with Crippen LogP contribution < -0.4 is 0 Å². The van der Waals surface area contributed by atoms with E-state index in [1.807, 2.05) is 50.2 Å². The number of benzene rings is 1. The van der Waals surface area contributed by atoms with E-state index in [2.05, 4.69) is 4.74 Å². The van der Waals surface area contributed by atoms with E-state index in [1.54, 1.807) is 0 Å². The summed E-state index contributed by atoms with van der Waals surface area (Å²) in [6.07, 6.45) is 0.162. The van der Waals surface area contributed by atoms with Gasteiger partial charge in [-0.2, -0.15) is 5.26 Å². The fourth-order valence-corrected chi connectivity index (χ4v) is 2.01. The zero-order valence-corrected chi connectivity index (χ0v) is 12.0. The molecular formula is C16H19NO3. The Morgan fingerprint density at radius 2 is 1.85 bits per heavy atom. The average molecular weight is 273 g/mol. The summed E-state index contributed by atoms with van der Waals surface area (Å²) < 4.78 is 4.68. The molecule has 2 atom stereocenters. The molecule has 0 radical (unpaired) electrons. The zero-order valence-electron chi connectivity index (χ0n) is 12.0. The van der Waals surface area contributed by atoms with Crippen molar-refractivity contribution < 1.29 is 14.3 Å². The van der Waals surface area contributed by atoms with Crippen LogP contribution >= 0.6 is 0 Å². The van der Waals surface area contributed by atoms with E-state index in [0.29, 0.717) is 0 Å².